The Hall–Kier alpha value is -3.84. The van der Waals surface area contributed by atoms with Crippen molar-refractivity contribution in [3.8, 4) is 17.2 Å². The third-order valence-electron chi connectivity index (χ3n) is 4.25. The molecule has 7 nitrogen and oxygen atoms in total. The first-order valence-corrected chi connectivity index (χ1v) is 10.0. The molecule has 7 heteroatoms. The molecule has 0 bridgehead atoms. The summed E-state index contributed by atoms with van der Waals surface area (Å²) in [5, 5.41) is 0. The third-order valence-corrected chi connectivity index (χ3v) is 4.25. The van der Waals surface area contributed by atoms with Gasteiger partial charge in [-0.25, -0.2) is 9.59 Å². The minimum atomic E-state index is -0.546. The van der Waals surface area contributed by atoms with Crippen molar-refractivity contribution in [3.63, 3.8) is 0 Å². The molecule has 3 rings (SSSR count). The van der Waals surface area contributed by atoms with Gasteiger partial charge in [0.15, 0.2) is 0 Å². The average molecular weight is 436 g/mol. The molecule has 0 amide bonds. The molecule has 0 fully saturated rings. The Morgan fingerprint density at radius 3 is 2.00 bits per heavy atom. The SMILES string of the molecule is COCCOc1ccc(C(=O)Oc2cccc(C(=O)OCCOc3ccccc3)c2)cc1. The number of ether oxygens (including phenoxy) is 5. The van der Waals surface area contributed by atoms with Crippen molar-refractivity contribution in [3.05, 3.63) is 90.0 Å². The highest BCUT2D eigenvalue weighted by Gasteiger charge is 2.12. The summed E-state index contributed by atoms with van der Waals surface area (Å²) in [5.41, 5.74) is 0.632. The molecule has 0 saturated heterocycles. The summed E-state index contributed by atoms with van der Waals surface area (Å²) in [6.45, 7) is 1.22. The van der Waals surface area contributed by atoms with Crippen LogP contribution in [0.15, 0.2) is 78.9 Å². The maximum Gasteiger partial charge on any atom is 0.343 e. The number of para-hydroxylation sites is 1. The number of rotatable bonds is 11. The fourth-order valence-corrected chi connectivity index (χ4v) is 2.68. The highest BCUT2D eigenvalue weighted by atomic mass is 16.6. The number of esters is 2. The van der Waals surface area contributed by atoms with E-state index in [1.54, 1.807) is 49.6 Å². The van der Waals surface area contributed by atoms with E-state index in [-0.39, 0.29) is 24.5 Å². The zero-order valence-corrected chi connectivity index (χ0v) is 17.7. The monoisotopic (exact) mass is 436 g/mol. The van der Waals surface area contributed by atoms with Gasteiger partial charge in [0.2, 0.25) is 0 Å². The van der Waals surface area contributed by atoms with Crippen molar-refractivity contribution in [2.75, 3.05) is 33.5 Å². The van der Waals surface area contributed by atoms with E-state index in [9.17, 15) is 9.59 Å². The lowest BCUT2D eigenvalue weighted by Gasteiger charge is -2.09. The Bertz CT molecular complexity index is 1000. The van der Waals surface area contributed by atoms with Crippen molar-refractivity contribution in [1.29, 1.82) is 0 Å². The van der Waals surface area contributed by atoms with Gasteiger partial charge >= 0.3 is 11.9 Å². The highest BCUT2D eigenvalue weighted by Crippen LogP contribution is 2.18. The quantitative estimate of drug-likeness (QED) is 0.254. The molecule has 0 atom stereocenters. The summed E-state index contributed by atoms with van der Waals surface area (Å²) in [4.78, 5) is 24.7. The molecule has 32 heavy (non-hydrogen) atoms. The first-order chi connectivity index (χ1) is 15.7. The van der Waals surface area contributed by atoms with Crippen molar-refractivity contribution >= 4 is 11.9 Å². The van der Waals surface area contributed by atoms with Crippen molar-refractivity contribution in [2.24, 2.45) is 0 Å². The second-order valence-corrected chi connectivity index (χ2v) is 6.58. The molecule has 0 aliphatic heterocycles. The third kappa shape index (κ3) is 7.14. The van der Waals surface area contributed by atoms with Crippen LogP contribution in [-0.2, 0) is 9.47 Å². The molecule has 0 heterocycles. The fourth-order valence-electron chi connectivity index (χ4n) is 2.68. The van der Waals surface area contributed by atoms with Crippen LogP contribution in [0.3, 0.4) is 0 Å². The molecule has 0 aromatic heterocycles. The lowest BCUT2D eigenvalue weighted by molar-refractivity contribution is 0.0449. The zero-order valence-electron chi connectivity index (χ0n) is 17.7. The second-order valence-electron chi connectivity index (χ2n) is 6.58. The summed E-state index contributed by atoms with van der Waals surface area (Å²) in [5.74, 6) is 0.490. The molecule has 3 aromatic rings. The number of hydrogen-bond acceptors (Lipinski definition) is 7. The van der Waals surface area contributed by atoms with Crippen LogP contribution >= 0.6 is 0 Å². The first kappa shape index (κ1) is 22.8. The Kier molecular flexibility index (Phi) is 8.65. The summed E-state index contributed by atoms with van der Waals surface area (Å²) in [6.07, 6.45) is 0. The van der Waals surface area contributed by atoms with Gasteiger partial charge in [-0.1, -0.05) is 24.3 Å². The second kappa shape index (κ2) is 12.1. The van der Waals surface area contributed by atoms with Gasteiger partial charge in [-0.15, -0.1) is 0 Å². The van der Waals surface area contributed by atoms with Crippen molar-refractivity contribution in [1.82, 2.24) is 0 Å². The first-order valence-electron chi connectivity index (χ1n) is 10.0. The van der Waals surface area contributed by atoms with Gasteiger partial charge in [-0.05, 0) is 54.6 Å². The predicted molar refractivity (Wildman–Crippen MR) is 117 cm³/mol. The molecule has 0 radical (unpaired) electrons. The molecule has 0 saturated carbocycles. The maximum atomic E-state index is 12.4. The molecule has 0 aliphatic rings. The van der Waals surface area contributed by atoms with Gasteiger partial charge in [0.05, 0.1) is 17.7 Å². The minimum absolute atomic E-state index is 0.0938. The predicted octanol–water partition coefficient (Wildman–Crippen LogP) is 4.17. The summed E-state index contributed by atoms with van der Waals surface area (Å²) in [7, 11) is 1.59. The lowest BCUT2D eigenvalue weighted by Crippen LogP contribution is -2.13. The Morgan fingerprint density at radius 2 is 1.28 bits per heavy atom. The fraction of sp³-hybridized carbons (Fsp3) is 0.200. The number of hydrogen-bond donors (Lipinski definition) is 0. The topological polar surface area (TPSA) is 80.3 Å². The van der Waals surface area contributed by atoms with Gasteiger partial charge in [-0.2, -0.15) is 0 Å². The van der Waals surface area contributed by atoms with Crippen LogP contribution in [0, 0.1) is 0 Å². The minimum Gasteiger partial charge on any atom is -0.491 e. The highest BCUT2D eigenvalue weighted by molar-refractivity contribution is 5.92. The molecular weight excluding hydrogens is 412 g/mol. The largest absolute Gasteiger partial charge is 0.491 e. The summed E-state index contributed by atoms with van der Waals surface area (Å²) < 4.78 is 26.5. The standard InChI is InChI=1S/C25H24O7/c1-28-14-15-29-22-12-10-19(11-13-22)25(27)32-23-9-5-6-20(18-23)24(26)31-17-16-30-21-7-3-2-4-8-21/h2-13,18H,14-17H2,1H3. The van der Waals surface area contributed by atoms with Crippen LogP contribution in [0.25, 0.3) is 0 Å². The van der Waals surface area contributed by atoms with E-state index in [1.165, 1.54) is 6.07 Å². The van der Waals surface area contributed by atoms with Gasteiger partial charge in [0, 0.05) is 7.11 Å². The summed E-state index contributed by atoms with van der Waals surface area (Å²) in [6, 6.07) is 22.1. The molecule has 0 spiro atoms. The maximum absolute atomic E-state index is 12.4. The van der Waals surface area contributed by atoms with Gasteiger partial charge in [0.25, 0.3) is 0 Å². The molecule has 0 aliphatic carbocycles. The van der Waals surface area contributed by atoms with E-state index in [0.717, 1.165) is 0 Å². The Labute approximate surface area is 186 Å². The van der Waals surface area contributed by atoms with E-state index in [1.807, 2.05) is 30.3 Å². The van der Waals surface area contributed by atoms with E-state index in [0.29, 0.717) is 30.3 Å². The molecule has 0 N–H and O–H groups in total. The molecule has 0 unspecified atom stereocenters. The Morgan fingerprint density at radius 1 is 0.625 bits per heavy atom. The van der Waals surface area contributed by atoms with E-state index < -0.39 is 11.9 Å². The van der Waals surface area contributed by atoms with Crippen LogP contribution in [0.4, 0.5) is 0 Å². The molecule has 3 aromatic carbocycles. The van der Waals surface area contributed by atoms with E-state index in [4.69, 9.17) is 23.7 Å². The van der Waals surface area contributed by atoms with Crippen LogP contribution in [0.1, 0.15) is 20.7 Å². The zero-order chi connectivity index (χ0) is 22.6. The number of methoxy groups -OCH3 is 1. The van der Waals surface area contributed by atoms with Crippen LogP contribution in [0.5, 0.6) is 17.2 Å². The van der Waals surface area contributed by atoms with Crippen molar-refractivity contribution < 1.29 is 33.3 Å². The normalized spacial score (nSPS) is 10.3. The van der Waals surface area contributed by atoms with E-state index >= 15 is 0 Å². The Balaban J connectivity index is 1.49. The summed E-state index contributed by atoms with van der Waals surface area (Å²) >= 11 is 0. The van der Waals surface area contributed by atoms with Crippen LogP contribution in [0.2, 0.25) is 0 Å². The smallest absolute Gasteiger partial charge is 0.343 e. The van der Waals surface area contributed by atoms with Gasteiger partial charge in [0.1, 0.15) is 37.1 Å². The van der Waals surface area contributed by atoms with Crippen LogP contribution in [-0.4, -0.2) is 45.5 Å². The van der Waals surface area contributed by atoms with Crippen molar-refractivity contribution in [2.45, 2.75) is 0 Å². The number of benzene rings is 3. The average Bonchev–Trinajstić information content (AvgIpc) is 2.83. The van der Waals surface area contributed by atoms with Gasteiger partial charge < -0.3 is 23.7 Å². The number of carbonyl (C=O) groups excluding carboxylic acids is 2. The molecule has 166 valence electrons. The van der Waals surface area contributed by atoms with E-state index in [2.05, 4.69) is 0 Å². The van der Waals surface area contributed by atoms with Crippen LogP contribution < -0.4 is 14.2 Å². The lowest BCUT2D eigenvalue weighted by atomic mass is 10.2. The number of carbonyl (C=O) groups is 2. The molecular formula is C25H24O7. The van der Waals surface area contributed by atoms with Gasteiger partial charge in [-0.3, -0.25) is 0 Å².